The summed E-state index contributed by atoms with van der Waals surface area (Å²) in [7, 11) is 0. The van der Waals surface area contributed by atoms with Crippen molar-refractivity contribution in [3.05, 3.63) is 32.1 Å². The van der Waals surface area contributed by atoms with E-state index >= 15 is 0 Å². The van der Waals surface area contributed by atoms with Crippen molar-refractivity contribution >= 4 is 46.6 Å². The van der Waals surface area contributed by atoms with Gasteiger partial charge in [-0.05, 0) is 34.2 Å². The van der Waals surface area contributed by atoms with Gasteiger partial charge in [0, 0.05) is 6.54 Å². The fourth-order valence-corrected chi connectivity index (χ4v) is 1.57. The maximum absolute atomic E-state index is 13.0. The van der Waals surface area contributed by atoms with Gasteiger partial charge in [-0.25, -0.2) is 4.39 Å². The van der Waals surface area contributed by atoms with E-state index in [1.807, 2.05) is 22.6 Å². The summed E-state index contributed by atoms with van der Waals surface area (Å²) in [5.41, 5.74) is 5.96. The molecular weight excluding hydrogens is 315 g/mol. The lowest BCUT2D eigenvalue weighted by Crippen LogP contribution is -1.99. The molecule has 0 aliphatic rings. The van der Waals surface area contributed by atoms with Crippen LogP contribution in [0.25, 0.3) is 0 Å². The molecule has 1 rings (SSSR count). The summed E-state index contributed by atoms with van der Waals surface area (Å²) < 4.78 is 13.5. The lowest BCUT2D eigenvalue weighted by atomic mass is 10.2. The summed E-state index contributed by atoms with van der Waals surface area (Å²) in [6.45, 7) is 0.271. The average Bonchev–Trinajstić information content (AvgIpc) is 2.01. The Morgan fingerprint density at radius 2 is 2.08 bits per heavy atom. The minimum atomic E-state index is -0.379. The van der Waals surface area contributed by atoms with E-state index in [9.17, 15) is 4.39 Å². The predicted molar refractivity (Wildman–Crippen MR) is 59.3 cm³/mol. The molecule has 5 heteroatoms. The average molecular weight is 322 g/mol. The summed E-state index contributed by atoms with van der Waals surface area (Å²) in [6, 6.07) is 3.39. The Kier molecular flexibility index (Phi) is 5.40. The Morgan fingerprint density at radius 3 is 2.58 bits per heavy atom. The molecule has 1 aromatic carbocycles. The number of rotatable bonds is 1. The van der Waals surface area contributed by atoms with E-state index in [0.29, 0.717) is 9.13 Å². The standard InChI is InChI=1S/C7H6ClFIN.ClH/c8-6-4(3-11)1-2-5(10)7(6)9;/h1-2H,3,11H2;1H. The van der Waals surface area contributed by atoms with Crippen LogP contribution in [-0.4, -0.2) is 0 Å². The van der Waals surface area contributed by atoms with Crippen molar-refractivity contribution in [2.24, 2.45) is 5.73 Å². The third-order valence-electron chi connectivity index (χ3n) is 1.34. The first-order valence-electron chi connectivity index (χ1n) is 2.99. The Labute approximate surface area is 95.0 Å². The molecule has 0 unspecified atom stereocenters. The summed E-state index contributed by atoms with van der Waals surface area (Å²) in [5.74, 6) is -0.379. The Morgan fingerprint density at radius 1 is 1.50 bits per heavy atom. The zero-order chi connectivity index (χ0) is 8.43. The first-order chi connectivity index (χ1) is 5.16. The zero-order valence-electron chi connectivity index (χ0n) is 5.98. The van der Waals surface area contributed by atoms with Crippen LogP contribution >= 0.6 is 46.6 Å². The van der Waals surface area contributed by atoms with Crippen LogP contribution in [0.5, 0.6) is 0 Å². The molecular formula is C7H7Cl2FIN. The molecule has 0 aliphatic heterocycles. The molecule has 0 fully saturated rings. The van der Waals surface area contributed by atoms with Gasteiger partial charge in [0.1, 0.15) is 0 Å². The largest absolute Gasteiger partial charge is 0.326 e. The molecule has 0 aromatic heterocycles. The van der Waals surface area contributed by atoms with Crippen molar-refractivity contribution in [3.8, 4) is 0 Å². The van der Waals surface area contributed by atoms with E-state index in [1.165, 1.54) is 0 Å². The van der Waals surface area contributed by atoms with Gasteiger partial charge in [0.2, 0.25) is 0 Å². The van der Waals surface area contributed by atoms with Crippen LogP contribution in [-0.2, 0) is 6.54 Å². The number of hydrogen-bond donors (Lipinski definition) is 1. The molecule has 0 atom stereocenters. The summed E-state index contributed by atoms with van der Waals surface area (Å²) in [6.07, 6.45) is 0. The molecule has 68 valence electrons. The van der Waals surface area contributed by atoms with Crippen LogP contribution in [0.3, 0.4) is 0 Å². The van der Waals surface area contributed by atoms with Crippen molar-refractivity contribution in [1.82, 2.24) is 0 Å². The third-order valence-corrected chi connectivity index (χ3v) is 2.58. The van der Waals surface area contributed by atoms with Gasteiger partial charge in [-0.2, -0.15) is 0 Å². The highest BCUT2D eigenvalue weighted by Gasteiger charge is 2.07. The number of benzene rings is 1. The highest BCUT2D eigenvalue weighted by molar-refractivity contribution is 14.1. The van der Waals surface area contributed by atoms with Gasteiger partial charge in [0.15, 0.2) is 5.82 Å². The second-order valence-corrected chi connectivity index (χ2v) is 3.58. The number of halogens is 4. The molecule has 0 saturated carbocycles. The van der Waals surface area contributed by atoms with Gasteiger partial charge in [-0.3, -0.25) is 0 Å². The van der Waals surface area contributed by atoms with E-state index in [1.54, 1.807) is 12.1 Å². The number of nitrogens with two attached hydrogens (primary N) is 1. The van der Waals surface area contributed by atoms with Crippen molar-refractivity contribution in [3.63, 3.8) is 0 Å². The van der Waals surface area contributed by atoms with Crippen LogP contribution in [0.1, 0.15) is 5.56 Å². The normalized spacial score (nSPS) is 9.33. The maximum atomic E-state index is 13.0. The van der Waals surface area contributed by atoms with Gasteiger partial charge >= 0.3 is 0 Å². The van der Waals surface area contributed by atoms with E-state index in [2.05, 4.69) is 0 Å². The molecule has 1 aromatic rings. The molecule has 0 amide bonds. The monoisotopic (exact) mass is 321 g/mol. The highest BCUT2D eigenvalue weighted by atomic mass is 127. The first-order valence-corrected chi connectivity index (χ1v) is 4.45. The summed E-state index contributed by atoms with van der Waals surface area (Å²) in [4.78, 5) is 0. The summed E-state index contributed by atoms with van der Waals surface area (Å²) >= 11 is 7.52. The molecule has 0 heterocycles. The smallest absolute Gasteiger partial charge is 0.155 e. The van der Waals surface area contributed by atoms with E-state index in [4.69, 9.17) is 17.3 Å². The number of hydrogen-bond acceptors (Lipinski definition) is 1. The molecule has 1 nitrogen and oxygen atoms in total. The summed E-state index contributed by atoms with van der Waals surface area (Å²) in [5, 5.41) is 0.138. The lowest BCUT2D eigenvalue weighted by Gasteiger charge is -2.02. The SMILES string of the molecule is Cl.NCc1ccc(I)c(F)c1Cl. The third kappa shape index (κ3) is 2.45. The Hall–Kier alpha value is 0.420. The molecule has 0 saturated heterocycles. The molecule has 0 aliphatic carbocycles. The van der Waals surface area contributed by atoms with Crippen molar-refractivity contribution in [1.29, 1.82) is 0 Å². The Bertz CT molecular complexity index is 280. The maximum Gasteiger partial charge on any atom is 0.155 e. The fourth-order valence-electron chi connectivity index (χ4n) is 0.724. The van der Waals surface area contributed by atoms with Crippen LogP contribution in [0, 0.1) is 9.39 Å². The van der Waals surface area contributed by atoms with Crippen LogP contribution in [0.15, 0.2) is 12.1 Å². The van der Waals surface area contributed by atoms with E-state index < -0.39 is 0 Å². The fraction of sp³-hybridized carbons (Fsp3) is 0.143. The zero-order valence-corrected chi connectivity index (χ0v) is 9.71. The topological polar surface area (TPSA) is 26.0 Å². The lowest BCUT2D eigenvalue weighted by molar-refractivity contribution is 0.618. The van der Waals surface area contributed by atoms with Crippen LogP contribution < -0.4 is 5.73 Å². The van der Waals surface area contributed by atoms with Gasteiger partial charge in [-0.1, -0.05) is 17.7 Å². The molecule has 0 radical (unpaired) electrons. The van der Waals surface area contributed by atoms with Gasteiger partial charge in [0.05, 0.1) is 8.59 Å². The first kappa shape index (κ1) is 12.4. The van der Waals surface area contributed by atoms with Gasteiger partial charge < -0.3 is 5.73 Å². The predicted octanol–water partition coefficient (Wildman–Crippen LogP) is 2.96. The van der Waals surface area contributed by atoms with Crippen molar-refractivity contribution in [2.45, 2.75) is 6.54 Å². The van der Waals surface area contributed by atoms with Crippen molar-refractivity contribution in [2.75, 3.05) is 0 Å². The minimum absolute atomic E-state index is 0. The molecule has 2 N–H and O–H groups in total. The molecule has 0 bridgehead atoms. The van der Waals surface area contributed by atoms with Crippen LogP contribution in [0.2, 0.25) is 5.02 Å². The highest BCUT2D eigenvalue weighted by Crippen LogP contribution is 2.23. The van der Waals surface area contributed by atoms with Gasteiger partial charge in [-0.15, -0.1) is 12.4 Å². The second kappa shape index (κ2) is 5.21. The van der Waals surface area contributed by atoms with E-state index in [-0.39, 0.29) is 29.8 Å². The molecule has 0 spiro atoms. The second-order valence-electron chi connectivity index (χ2n) is 2.04. The molecule has 12 heavy (non-hydrogen) atoms. The van der Waals surface area contributed by atoms with E-state index in [0.717, 1.165) is 0 Å². The minimum Gasteiger partial charge on any atom is -0.326 e. The Balaban J connectivity index is 0.00000121. The quantitative estimate of drug-likeness (QED) is 0.624. The van der Waals surface area contributed by atoms with Crippen molar-refractivity contribution < 1.29 is 4.39 Å². The van der Waals surface area contributed by atoms with Gasteiger partial charge in [0.25, 0.3) is 0 Å². The van der Waals surface area contributed by atoms with Crippen LogP contribution in [0.4, 0.5) is 4.39 Å².